The first kappa shape index (κ1) is 15.2. The van der Waals surface area contributed by atoms with Crippen LogP contribution in [0.25, 0.3) is 0 Å². The van der Waals surface area contributed by atoms with Crippen LogP contribution < -0.4 is 9.46 Å². The third kappa shape index (κ3) is 3.91. The Morgan fingerprint density at radius 2 is 2.10 bits per heavy atom. The van der Waals surface area contributed by atoms with Crippen LogP contribution in [0, 0.1) is 0 Å². The van der Waals surface area contributed by atoms with Crippen LogP contribution in [0.4, 0.5) is 0 Å². The van der Waals surface area contributed by atoms with E-state index in [4.69, 9.17) is 4.74 Å². The quantitative estimate of drug-likeness (QED) is 0.859. The van der Waals surface area contributed by atoms with E-state index >= 15 is 0 Å². The molecule has 1 aliphatic heterocycles. The minimum absolute atomic E-state index is 0.196. The molecule has 0 aliphatic carbocycles. The fourth-order valence-electron chi connectivity index (χ4n) is 2.19. The van der Waals surface area contributed by atoms with E-state index < -0.39 is 10.2 Å². The van der Waals surface area contributed by atoms with E-state index in [1.807, 2.05) is 13.0 Å². The SMILES string of the molecule is CCOc1ncccc1CNS(=O)(=O)N1CCCCC1. The van der Waals surface area contributed by atoms with Crippen LogP contribution in [0.3, 0.4) is 0 Å². The number of rotatable bonds is 6. The van der Waals surface area contributed by atoms with Gasteiger partial charge < -0.3 is 4.74 Å². The minimum atomic E-state index is -3.41. The Bertz CT molecular complexity index is 527. The molecule has 2 rings (SSSR count). The van der Waals surface area contributed by atoms with Gasteiger partial charge in [-0.3, -0.25) is 0 Å². The monoisotopic (exact) mass is 299 g/mol. The number of nitrogens with zero attached hydrogens (tertiary/aromatic N) is 2. The standard InChI is InChI=1S/C13H21N3O3S/c1-2-19-13-12(7-6-8-14-13)11-15-20(17,18)16-9-4-3-5-10-16/h6-8,15H,2-5,9-11H2,1H3. The van der Waals surface area contributed by atoms with E-state index in [1.165, 1.54) is 4.31 Å². The average Bonchev–Trinajstić information content (AvgIpc) is 2.48. The molecule has 1 N–H and O–H groups in total. The third-order valence-electron chi connectivity index (χ3n) is 3.23. The van der Waals surface area contributed by atoms with Crippen LogP contribution >= 0.6 is 0 Å². The molecule has 0 bridgehead atoms. The molecule has 0 saturated carbocycles. The van der Waals surface area contributed by atoms with Gasteiger partial charge in [-0.05, 0) is 25.8 Å². The van der Waals surface area contributed by atoms with Crippen LogP contribution in [0.2, 0.25) is 0 Å². The lowest BCUT2D eigenvalue weighted by Gasteiger charge is -2.26. The molecule has 0 spiro atoms. The summed E-state index contributed by atoms with van der Waals surface area (Å²) in [6, 6.07) is 3.59. The van der Waals surface area contributed by atoms with Crippen molar-refractivity contribution >= 4 is 10.2 Å². The van der Waals surface area contributed by atoms with Gasteiger partial charge in [-0.1, -0.05) is 12.5 Å². The van der Waals surface area contributed by atoms with E-state index in [0.717, 1.165) is 24.8 Å². The lowest BCUT2D eigenvalue weighted by Crippen LogP contribution is -2.43. The van der Waals surface area contributed by atoms with Crippen molar-refractivity contribution in [2.75, 3.05) is 19.7 Å². The summed E-state index contributed by atoms with van der Waals surface area (Å²) in [5.41, 5.74) is 0.745. The molecule has 7 heteroatoms. The second kappa shape index (κ2) is 7.01. The number of aromatic nitrogens is 1. The highest BCUT2D eigenvalue weighted by Crippen LogP contribution is 2.16. The molecule has 20 heavy (non-hydrogen) atoms. The van der Waals surface area contributed by atoms with Crippen molar-refractivity contribution in [2.45, 2.75) is 32.7 Å². The van der Waals surface area contributed by atoms with Crippen LogP contribution in [-0.4, -0.2) is 37.4 Å². The van der Waals surface area contributed by atoms with E-state index in [-0.39, 0.29) is 6.54 Å². The fraction of sp³-hybridized carbons (Fsp3) is 0.615. The Kier molecular flexibility index (Phi) is 5.33. The van der Waals surface area contributed by atoms with E-state index in [1.54, 1.807) is 12.3 Å². The van der Waals surface area contributed by atoms with Crippen molar-refractivity contribution in [3.63, 3.8) is 0 Å². The molecule has 1 aromatic heterocycles. The van der Waals surface area contributed by atoms with Gasteiger partial charge in [0, 0.05) is 31.4 Å². The number of hydrogen-bond acceptors (Lipinski definition) is 4. The second-order valence-electron chi connectivity index (χ2n) is 4.69. The third-order valence-corrected chi connectivity index (χ3v) is 4.79. The highest BCUT2D eigenvalue weighted by molar-refractivity contribution is 7.87. The molecule has 0 atom stereocenters. The molecule has 0 radical (unpaired) electrons. The number of ether oxygens (including phenoxy) is 1. The Hall–Kier alpha value is -1.18. The van der Waals surface area contributed by atoms with Crippen molar-refractivity contribution in [1.82, 2.24) is 14.0 Å². The maximum absolute atomic E-state index is 12.2. The van der Waals surface area contributed by atoms with Gasteiger partial charge in [0.15, 0.2) is 0 Å². The highest BCUT2D eigenvalue weighted by atomic mass is 32.2. The summed E-state index contributed by atoms with van der Waals surface area (Å²) in [7, 11) is -3.41. The Morgan fingerprint density at radius 1 is 1.35 bits per heavy atom. The molecule has 0 aromatic carbocycles. The van der Waals surface area contributed by atoms with Gasteiger partial charge in [0.1, 0.15) is 0 Å². The van der Waals surface area contributed by atoms with Gasteiger partial charge in [0.05, 0.1) is 6.61 Å². The van der Waals surface area contributed by atoms with Gasteiger partial charge in [0.2, 0.25) is 5.88 Å². The Labute approximate surface area is 120 Å². The highest BCUT2D eigenvalue weighted by Gasteiger charge is 2.23. The van der Waals surface area contributed by atoms with Crippen molar-refractivity contribution < 1.29 is 13.2 Å². The van der Waals surface area contributed by atoms with Gasteiger partial charge in [0.25, 0.3) is 10.2 Å². The predicted molar refractivity (Wildman–Crippen MR) is 76.6 cm³/mol. The van der Waals surface area contributed by atoms with Crippen molar-refractivity contribution in [2.24, 2.45) is 0 Å². The molecule has 1 aromatic rings. The summed E-state index contributed by atoms with van der Waals surface area (Å²) < 4.78 is 33.9. The van der Waals surface area contributed by atoms with E-state index in [0.29, 0.717) is 25.6 Å². The molecule has 2 heterocycles. The van der Waals surface area contributed by atoms with Crippen LogP contribution in [-0.2, 0) is 16.8 Å². The molecule has 0 unspecified atom stereocenters. The summed E-state index contributed by atoms with van der Waals surface area (Å²) in [5.74, 6) is 0.483. The zero-order valence-electron chi connectivity index (χ0n) is 11.7. The molecule has 112 valence electrons. The summed E-state index contributed by atoms with van der Waals surface area (Å²) >= 11 is 0. The Balaban J connectivity index is 2.00. The zero-order valence-corrected chi connectivity index (χ0v) is 12.5. The van der Waals surface area contributed by atoms with Crippen LogP contribution in [0.1, 0.15) is 31.7 Å². The summed E-state index contributed by atoms with van der Waals surface area (Å²) in [6.45, 7) is 3.77. The number of nitrogens with one attached hydrogen (secondary N) is 1. The largest absolute Gasteiger partial charge is 0.478 e. The molecule has 0 amide bonds. The van der Waals surface area contributed by atoms with E-state index in [9.17, 15) is 8.42 Å². The number of pyridine rings is 1. The van der Waals surface area contributed by atoms with Gasteiger partial charge in [-0.2, -0.15) is 17.4 Å². The first-order valence-corrected chi connectivity index (χ1v) is 8.39. The van der Waals surface area contributed by atoms with Gasteiger partial charge in [-0.25, -0.2) is 4.98 Å². The predicted octanol–water partition coefficient (Wildman–Crippen LogP) is 1.30. The smallest absolute Gasteiger partial charge is 0.279 e. The average molecular weight is 299 g/mol. The summed E-state index contributed by atoms with van der Waals surface area (Å²) in [6.07, 6.45) is 4.59. The van der Waals surface area contributed by atoms with Gasteiger partial charge >= 0.3 is 0 Å². The molecule has 1 fully saturated rings. The first-order valence-electron chi connectivity index (χ1n) is 6.95. The van der Waals surface area contributed by atoms with Crippen molar-refractivity contribution in [3.8, 4) is 5.88 Å². The Morgan fingerprint density at radius 3 is 2.80 bits per heavy atom. The van der Waals surface area contributed by atoms with Crippen LogP contribution in [0.15, 0.2) is 18.3 Å². The van der Waals surface area contributed by atoms with E-state index in [2.05, 4.69) is 9.71 Å². The fourth-order valence-corrected chi connectivity index (χ4v) is 3.45. The number of hydrogen-bond donors (Lipinski definition) is 1. The molecule has 6 nitrogen and oxygen atoms in total. The summed E-state index contributed by atoms with van der Waals surface area (Å²) in [4.78, 5) is 4.11. The maximum Gasteiger partial charge on any atom is 0.279 e. The lowest BCUT2D eigenvalue weighted by molar-refractivity contribution is 0.321. The van der Waals surface area contributed by atoms with Gasteiger partial charge in [-0.15, -0.1) is 0 Å². The molecule has 1 aliphatic rings. The minimum Gasteiger partial charge on any atom is -0.478 e. The van der Waals surface area contributed by atoms with Crippen molar-refractivity contribution in [1.29, 1.82) is 0 Å². The molecular weight excluding hydrogens is 278 g/mol. The topological polar surface area (TPSA) is 71.5 Å². The normalized spacial score (nSPS) is 17.1. The summed E-state index contributed by atoms with van der Waals surface area (Å²) in [5, 5.41) is 0. The molecular formula is C13H21N3O3S. The first-order chi connectivity index (χ1) is 9.63. The molecule has 1 saturated heterocycles. The van der Waals surface area contributed by atoms with Crippen LogP contribution in [0.5, 0.6) is 5.88 Å². The number of piperidine rings is 1. The zero-order chi connectivity index (χ0) is 14.4. The maximum atomic E-state index is 12.2. The second-order valence-corrected chi connectivity index (χ2v) is 6.44. The van der Waals surface area contributed by atoms with Crippen molar-refractivity contribution in [3.05, 3.63) is 23.9 Å². The lowest BCUT2D eigenvalue weighted by atomic mass is 10.2.